The maximum Gasteiger partial charge on any atom is 0.495 e. The van der Waals surface area contributed by atoms with E-state index in [2.05, 4.69) is 0 Å². The smallest absolute Gasteiger partial charge is 0.399 e. The molecule has 138 valence electrons. The number of benzene rings is 2. The summed E-state index contributed by atoms with van der Waals surface area (Å²) in [5.41, 5.74) is 0.730. The fourth-order valence-electron chi connectivity index (χ4n) is 2.61. The molecule has 0 amide bonds. The lowest BCUT2D eigenvalue weighted by atomic mass is 9.76. The Morgan fingerprint density at radius 3 is 2.23 bits per heavy atom. The van der Waals surface area contributed by atoms with Gasteiger partial charge in [-0.1, -0.05) is 29.3 Å². The first kappa shape index (κ1) is 20.0. The van der Waals surface area contributed by atoms with Gasteiger partial charge in [-0.05, 0) is 69.1 Å². The molecule has 26 heavy (non-hydrogen) atoms. The first-order chi connectivity index (χ1) is 12.1. The van der Waals surface area contributed by atoms with E-state index in [4.69, 9.17) is 32.5 Å². The normalized spacial score (nSPS) is 18.3. The van der Waals surface area contributed by atoms with Gasteiger partial charge in [-0.25, -0.2) is 4.39 Å². The van der Waals surface area contributed by atoms with Crippen LogP contribution in [0.2, 0.25) is 10.0 Å². The van der Waals surface area contributed by atoms with E-state index < -0.39 is 18.3 Å². The fraction of sp³-hybridized carbons (Fsp3) is 0.368. The Hall–Kier alpha value is -0.715. The van der Waals surface area contributed by atoms with Crippen molar-refractivity contribution in [3.8, 4) is 0 Å². The quantitative estimate of drug-likeness (QED) is 0.472. The minimum absolute atomic E-state index is 0.307. The highest BCUT2D eigenvalue weighted by atomic mass is 35.5. The molecule has 2 nitrogen and oxygen atoms in total. The van der Waals surface area contributed by atoms with Crippen LogP contribution in [0.4, 0.5) is 4.39 Å². The molecule has 0 aliphatic carbocycles. The van der Waals surface area contributed by atoms with Gasteiger partial charge in [-0.3, -0.25) is 0 Å². The van der Waals surface area contributed by atoms with E-state index in [1.807, 2.05) is 39.8 Å². The van der Waals surface area contributed by atoms with Gasteiger partial charge in [0.25, 0.3) is 0 Å². The summed E-state index contributed by atoms with van der Waals surface area (Å²) in [7, 11) is -0.597. The Labute approximate surface area is 168 Å². The lowest BCUT2D eigenvalue weighted by Crippen LogP contribution is -2.41. The molecule has 3 rings (SSSR count). The van der Waals surface area contributed by atoms with E-state index in [1.165, 1.54) is 12.1 Å². The largest absolute Gasteiger partial charge is 0.495 e. The van der Waals surface area contributed by atoms with E-state index in [0.29, 0.717) is 15.8 Å². The zero-order valence-corrected chi connectivity index (χ0v) is 17.4. The van der Waals surface area contributed by atoms with Crippen molar-refractivity contribution >= 4 is 47.5 Å². The van der Waals surface area contributed by atoms with Gasteiger partial charge in [0.2, 0.25) is 0 Å². The lowest BCUT2D eigenvalue weighted by molar-refractivity contribution is 0.00578. The van der Waals surface area contributed by atoms with E-state index in [9.17, 15) is 4.39 Å². The van der Waals surface area contributed by atoms with Crippen molar-refractivity contribution in [1.29, 1.82) is 0 Å². The average Bonchev–Trinajstić information content (AvgIpc) is 2.77. The van der Waals surface area contributed by atoms with Gasteiger partial charge in [0.05, 0.1) is 21.2 Å². The van der Waals surface area contributed by atoms with Gasteiger partial charge < -0.3 is 9.31 Å². The summed E-state index contributed by atoms with van der Waals surface area (Å²) in [6.07, 6.45) is 0. The van der Waals surface area contributed by atoms with Crippen molar-refractivity contribution in [1.82, 2.24) is 0 Å². The summed E-state index contributed by atoms with van der Waals surface area (Å²) in [5.74, 6) is 0.329. The number of rotatable bonds is 4. The van der Waals surface area contributed by atoms with Crippen LogP contribution in [-0.4, -0.2) is 18.3 Å². The van der Waals surface area contributed by atoms with Gasteiger partial charge in [0, 0.05) is 10.6 Å². The zero-order valence-electron chi connectivity index (χ0n) is 15.1. The van der Waals surface area contributed by atoms with Crippen molar-refractivity contribution in [3.63, 3.8) is 0 Å². The Balaban J connectivity index is 1.84. The standard InChI is InChI=1S/C19H20BCl2FO2S/c1-18(2)19(3,4)25-20(24-18)15-9-13(23)6-5-12(15)11-26-14-7-8-16(21)17(22)10-14/h5-10H,11H2,1-4H3. The van der Waals surface area contributed by atoms with Crippen molar-refractivity contribution in [2.24, 2.45) is 0 Å². The minimum Gasteiger partial charge on any atom is -0.399 e. The van der Waals surface area contributed by atoms with Gasteiger partial charge in [-0.2, -0.15) is 0 Å². The molecule has 0 radical (unpaired) electrons. The third-order valence-corrected chi connectivity index (χ3v) is 6.68. The Kier molecular flexibility index (Phi) is 5.67. The van der Waals surface area contributed by atoms with Gasteiger partial charge in [0.1, 0.15) is 5.82 Å². The van der Waals surface area contributed by atoms with Gasteiger partial charge in [-0.15, -0.1) is 11.8 Å². The molecule has 2 aromatic carbocycles. The van der Waals surface area contributed by atoms with Gasteiger partial charge >= 0.3 is 7.12 Å². The second-order valence-electron chi connectivity index (χ2n) is 7.30. The van der Waals surface area contributed by atoms with Crippen LogP contribution in [0.15, 0.2) is 41.3 Å². The summed E-state index contributed by atoms with van der Waals surface area (Å²) in [6.45, 7) is 7.93. The molecular formula is C19H20BCl2FO2S. The number of hydrogen-bond donors (Lipinski definition) is 0. The molecule has 1 aliphatic heterocycles. The molecule has 2 aromatic rings. The third-order valence-electron chi connectivity index (χ3n) is 4.90. The molecule has 1 aliphatic rings. The van der Waals surface area contributed by atoms with Crippen molar-refractivity contribution in [2.75, 3.05) is 0 Å². The second-order valence-corrected chi connectivity index (χ2v) is 9.16. The maximum atomic E-state index is 13.9. The highest BCUT2D eigenvalue weighted by Gasteiger charge is 2.52. The van der Waals surface area contributed by atoms with Crippen LogP contribution < -0.4 is 5.46 Å². The van der Waals surface area contributed by atoms with E-state index >= 15 is 0 Å². The third kappa shape index (κ3) is 4.07. The predicted molar refractivity (Wildman–Crippen MR) is 108 cm³/mol. The fourth-order valence-corrected chi connectivity index (χ4v) is 3.93. The SMILES string of the molecule is CC1(C)OB(c2cc(F)ccc2CSc2ccc(Cl)c(Cl)c2)OC1(C)C. The number of hydrogen-bond acceptors (Lipinski definition) is 3. The van der Waals surface area contributed by atoms with Crippen LogP contribution in [0.3, 0.4) is 0 Å². The van der Waals surface area contributed by atoms with Crippen LogP contribution in [-0.2, 0) is 15.1 Å². The van der Waals surface area contributed by atoms with Crippen LogP contribution in [0, 0.1) is 5.82 Å². The summed E-state index contributed by atoms with van der Waals surface area (Å²) in [5, 5.41) is 1.04. The molecule has 0 N–H and O–H groups in total. The Bertz CT molecular complexity index is 813. The topological polar surface area (TPSA) is 18.5 Å². The molecule has 0 saturated carbocycles. The number of thioether (sulfide) groups is 1. The summed E-state index contributed by atoms with van der Waals surface area (Å²) >= 11 is 13.6. The van der Waals surface area contributed by atoms with Crippen molar-refractivity contribution in [3.05, 3.63) is 57.8 Å². The molecule has 0 bridgehead atoms. The first-order valence-corrected chi connectivity index (χ1v) is 10.0. The molecule has 0 spiro atoms. The molecule has 0 unspecified atom stereocenters. The van der Waals surface area contributed by atoms with E-state index in [0.717, 1.165) is 15.9 Å². The summed E-state index contributed by atoms with van der Waals surface area (Å²) in [4.78, 5) is 0.989. The van der Waals surface area contributed by atoms with Gasteiger partial charge in [0.15, 0.2) is 0 Å². The molecule has 7 heteroatoms. The molecular weight excluding hydrogens is 393 g/mol. The highest BCUT2D eigenvalue weighted by Crippen LogP contribution is 2.37. The lowest BCUT2D eigenvalue weighted by Gasteiger charge is -2.32. The maximum absolute atomic E-state index is 13.9. The summed E-state index contributed by atoms with van der Waals surface area (Å²) < 4.78 is 26.1. The molecule has 0 atom stereocenters. The van der Waals surface area contributed by atoms with Crippen LogP contribution in [0.1, 0.15) is 33.3 Å². The van der Waals surface area contributed by atoms with Crippen LogP contribution in [0.5, 0.6) is 0 Å². The predicted octanol–water partition coefficient (Wildman–Crippen LogP) is 5.72. The monoisotopic (exact) mass is 412 g/mol. The Morgan fingerprint density at radius 1 is 0.962 bits per heavy atom. The second kappa shape index (κ2) is 7.36. The Morgan fingerprint density at radius 2 is 1.62 bits per heavy atom. The molecule has 1 saturated heterocycles. The van der Waals surface area contributed by atoms with Crippen molar-refractivity contribution in [2.45, 2.75) is 49.5 Å². The molecule has 0 aromatic heterocycles. The average molecular weight is 413 g/mol. The highest BCUT2D eigenvalue weighted by molar-refractivity contribution is 7.98. The van der Waals surface area contributed by atoms with Crippen molar-refractivity contribution < 1.29 is 13.7 Å². The first-order valence-electron chi connectivity index (χ1n) is 8.31. The minimum atomic E-state index is -0.597. The van der Waals surface area contributed by atoms with E-state index in [1.54, 1.807) is 23.9 Å². The molecule has 1 fully saturated rings. The summed E-state index contributed by atoms with van der Waals surface area (Å²) in [6, 6.07) is 10.2. The zero-order chi connectivity index (χ0) is 19.1. The molecule has 1 heterocycles. The number of halogens is 3. The van der Waals surface area contributed by atoms with Crippen LogP contribution in [0.25, 0.3) is 0 Å². The van der Waals surface area contributed by atoms with Crippen LogP contribution >= 0.6 is 35.0 Å². The van der Waals surface area contributed by atoms with E-state index in [-0.39, 0.29) is 5.82 Å².